The summed E-state index contributed by atoms with van der Waals surface area (Å²) in [5.41, 5.74) is 15.3. The van der Waals surface area contributed by atoms with Gasteiger partial charge in [0.05, 0.1) is 11.0 Å². The predicted octanol–water partition coefficient (Wildman–Crippen LogP) is 8.77. The minimum Gasteiger partial charge on any atom is -0.396 e. The highest BCUT2D eigenvalue weighted by Gasteiger charge is 2.41. The second-order valence-electron chi connectivity index (χ2n) is 15.2. The number of aryl methyl sites for hydroxylation is 2. The van der Waals surface area contributed by atoms with Gasteiger partial charge in [-0.3, -0.25) is 0 Å². The molecule has 258 valence electrons. The van der Waals surface area contributed by atoms with Crippen LogP contribution in [0.4, 0.5) is 0 Å². The summed E-state index contributed by atoms with van der Waals surface area (Å²) < 4.78 is 5.22. The first-order chi connectivity index (χ1) is 25.3. The maximum Gasteiger partial charge on any atom is 0.252 e. The van der Waals surface area contributed by atoms with Gasteiger partial charge < -0.3 is 19.3 Å². The van der Waals surface area contributed by atoms with Crippen LogP contribution < -0.4 is 16.4 Å². The van der Waals surface area contributed by atoms with Crippen molar-refractivity contribution in [3.63, 3.8) is 0 Å². The Balaban J connectivity index is 1.21. The van der Waals surface area contributed by atoms with E-state index in [9.17, 15) is 10.2 Å². The van der Waals surface area contributed by atoms with Crippen LogP contribution in [0.2, 0.25) is 0 Å². The van der Waals surface area contributed by atoms with E-state index in [1.807, 2.05) is 0 Å². The lowest BCUT2D eigenvalue weighted by Gasteiger charge is -2.34. The lowest BCUT2D eigenvalue weighted by molar-refractivity contribution is 0.282. The minimum atomic E-state index is 0.175. The summed E-state index contributed by atoms with van der Waals surface area (Å²) in [5.74, 6) is 0. The molecule has 9 rings (SSSR count). The largest absolute Gasteiger partial charge is 0.396 e. The molecule has 2 aliphatic heterocycles. The molecule has 5 heteroatoms. The third kappa shape index (κ3) is 5.52. The monoisotopic (exact) mass is 672 g/mol. The topological polar surface area (TPSA) is 50.3 Å². The second kappa shape index (κ2) is 14.0. The Morgan fingerprint density at radius 2 is 0.922 bits per heavy atom. The van der Waals surface area contributed by atoms with Gasteiger partial charge in [-0.15, -0.1) is 0 Å². The molecule has 2 aliphatic rings. The number of unbranched alkanes of at least 4 members (excludes halogenated alkanes) is 10. The summed E-state index contributed by atoms with van der Waals surface area (Å²) in [5, 5.41) is 23.8. The van der Waals surface area contributed by atoms with Crippen LogP contribution in [0.1, 0.15) is 88.2 Å². The summed E-state index contributed by atoms with van der Waals surface area (Å²) in [6.07, 6.45) is 16.0. The maximum absolute atomic E-state index is 9.20. The molecule has 4 heterocycles. The number of benzene rings is 5. The molecule has 0 aliphatic carbocycles. The molecule has 0 atom stereocenters. The molecule has 51 heavy (non-hydrogen) atoms. The zero-order valence-corrected chi connectivity index (χ0v) is 29.8. The lowest BCUT2D eigenvalue weighted by atomic mass is 9.34. The SMILES string of the molecule is OCCCCCCCCc1cc2c3c(c1)-n1c4ccccc4c4cc(CCCCCCCCO)cc(c41)B3c1cccc3c4ccccc4n-2c13. The molecule has 0 bridgehead atoms. The van der Waals surface area contributed by atoms with Gasteiger partial charge in [-0.2, -0.15) is 0 Å². The normalized spacial score (nSPS) is 12.9. The molecule has 0 saturated heterocycles. The van der Waals surface area contributed by atoms with E-state index in [-0.39, 0.29) is 6.71 Å². The van der Waals surface area contributed by atoms with Crippen molar-refractivity contribution < 1.29 is 10.2 Å². The molecule has 2 N–H and O–H groups in total. The van der Waals surface area contributed by atoms with Gasteiger partial charge in [-0.25, -0.2) is 0 Å². The molecule has 0 unspecified atom stereocenters. The molecule has 0 saturated carbocycles. The van der Waals surface area contributed by atoms with E-state index in [0.29, 0.717) is 13.2 Å². The van der Waals surface area contributed by atoms with Crippen molar-refractivity contribution in [1.82, 2.24) is 9.13 Å². The Bertz CT molecular complexity index is 2380. The Morgan fingerprint density at radius 1 is 0.431 bits per heavy atom. The molecule has 0 radical (unpaired) electrons. The number of rotatable bonds is 16. The van der Waals surface area contributed by atoms with E-state index < -0.39 is 0 Å². The van der Waals surface area contributed by atoms with Crippen molar-refractivity contribution >= 4 is 66.7 Å². The molecule has 4 nitrogen and oxygen atoms in total. The highest BCUT2D eigenvalue weighted by atomic mass is 16.3. The first kappa shape index (κ1) is 32.6. The van der Waals surface area contributed by atoms with Crippen LogP contribution in [0, 0.1) is 0 Å². The number of aromatic nitrogens is 2. The number of para-hydroxylation sites is 3. The molecular weight excluding hydrogens is 623 g/mol. The quantitative estimate of drug-likeness (QED) is 0.0797. The van der Waals surface area contributed by atoms with Gasteiger partial charge >= 0.3 is 0 Å². The van der Waals surface area contributed by atoms with Crippen LogP contribution in [0.5, 0.6) is 0 Å². The van der Waals surface area contributed by atoms with E-state index in [4.69, 9.17) is 0 Å². The number of aliphatic hydroxyl groups is 2. The Labute approximate surface area is 301 Å². The van der Waals surface area contributed by atoms with Crippen LogP contribution in [-0.2, 0) is 12.8 Å². The number of fused-ring (bicyclic) bond motifs is 10. The third-order valence-corrected chi connectivity index (χ3v) is 11.9. The summed E-state index contributed by atoms with van der Waals surface area (Å²) >= 11 is 0. The highest BCUT2D eigenvalue weighted by Crippen LogP contribution is 2.39. The zero-order chi connectivity index (χ0) is 34.3. The fraction of sp³-hybridized carbons (Fsp3) is 0.348. The fourth-order valence-electron chi connectivity index (χ4n) is 9.60. The summed E-state index contributed by atoms with van der Waals surface area (Å²) in [6, 6.07) is 35.3. The Morgan fingerprint density at radius 3 is 1.53 bits per heavy atom. The predicted molar refractivity (Wildman–Crippen MR) is 217 cm³/mol. The van der Waals surface area contributed by atoms with Crippen LogP contribution in [0.15, 0.2) is 91.0 Å². The van der Waals surface area contributed by atoms with E-state index in [1.54, 1.807) is 0 Å². The molecule has 0 fully saturated rings. The number of aliphatic hydroxyl groups excluding tert-OH is 2. The zero-order valence-electron chi connectivity index (χ0n) is 29.8. The lowest BCUT2D eigenvalue weighted by Crippen LogP contribution is -2.59. The number of nitrogens with zero attached hydrogens (tertiary/aromatic N) is 2. The van der Waals surface area contributed by atoms with Gasteiger partial charge in [0, 0.05) is 57.2 Å². The standard InChI is InChI=1S/C46H49BN2O2/c50-26-15-7-3-1-5-9-18-32-28-37-35-21-12-14-25-41(35)49-43-31-33(19-10-6-2-4-8-16-27-51)30-42-44(43)47(39(29-32)46(37)49)38-23-17-22-36-34-20-11-13-24-40(34)48(42)45(36)38/h11-14,17,20-25,28-31,50-51H,1-10,15-16,18-19,26-27H2. The van der Waals surface area contributed by atoms with Crippen molar-refractivity contribution in [3.05, 3.63) is 102 Å². The molecule has 0 amide bonds. The average molecular weight is 673 g/mol. The molecule has 2 aromatic heterocycles. The first-order valence-electron chi connectivity index (χ1n) is 19.8. The molecule has 7 aromatic rings. The van der Waals surface area contributed by atoms with E-state index in [1.165, 1.54) is 134 Å². The minimum absolute atomic E-state index is 0.175. The summed E-state index contributed by atoms with van der Waals surface area (Å²) in [4.78, 5) is 0. The fourth-order valence-corrected chi connectivity index (χ4v) is 9.60. The van der Waals surface area contributed by atoms with Gasteiger partial charge in [-0.05, 0) is 96.4 Å². The van der Waals surface area contributed by atoms with Crippen molar-refractivity contribution in [2.24, 2.45) is 0 Å². The molecular formula is C46H49BN2O2. The maximum atomic E-state index is 9.20. The van der Waals surface area contributed by atoms with Crippen LogP contribution >= 0.6 is 0 Å². The van der Waals surface area contributed by atoms with Gasteiger partial charge in [0.25, 0.3) is 6.71 Å². The van der Waals surface area contributed by atoms with E-state index in [2.05, 4.69) is 100 Å². The first-order valence-corrected chi connectivity index (χ1v) is 19.8. The molecule has 5 aromatic carbocycles. The van der Waals surface area contributed by atoms with Crippen LogP contribution in [0.3, 0.4) is 0 Å². The number of hydrogen-bond donors (Lipinski definition) is 2. The highest BCUT2D eigenvalue weighted by molar-refractivity contribution is 7.00. The Kier molecular flexibility index (Phi) is 8.95. The van der Waals surface area contributed by atoms with E-state index >= 15 is 0 Å². The van der Waals surface area contributed by atoms with Gasteiger partial charge in [-0.1, -0.05) is 112 Å². The van der Waals surface area contributed by atoms with Crippen molar-refractivity contribution in [3.8, 4) is 11.4 Å². The average Bonchev–Trinajstić information content (AvgIpc) is 3.68. The van der Waals surface area contributed by atoms with Crippen LogP contribution in [0.25, 0.3) is 55.0 Å². The van der Waals surface area contributed by atoms with Gasteiger partial charge in [0.15, 0.2) is 0 Å². The van der Waals surface area contributed by atoms with Crippen molar-refractivity contribution in [2.45, 2.75) is 89.9 Å². The van der Waals surface area contributed by atoms with Crippen molar-refractivity contribution in [1.29, 1.82) is 0 Å². The Hall–Kier alpha value is -4.32. The number of hydrogen-bond acceptors (Lipinski definition) is 2. The second-order valence-corrected chi connectivity index (χ2v) is 15.2. The third-order valence-electron chi connectivity index (χ3n) is 11.9. The van der Waals surface area contributed by atoms with Crippen LogP contribution in [-0.4, -0.2) is 39.3 Å². The molecule has 0 spiro atoms. The van der Waals surface area contributed by atoms with E-state index in [0.717, 1.165) is 38.5 Å². The van der Waals surface area contributed by atoms with Gasteiger partial charge in [0.1, 0.15) is 0 Å². The summed E-state index contributed by atoms with van der Waals surface area (Å²) in [6.45, 7) is 0.793. The van der Waals surface area contributed by atoms with Crippen molar-refractivity contribution in [2.75, 3.05) is 13.2 Å². The van der Waals surface area contributed by atoms with Gasteiger partial charge in [0.2, 0.25) is 0 Å². The smallest absolute Gasteiger partial charge is 0.252 e. The summed E-state index contributed by atoms with van der Waals surface area (Å²) in [7, 11) is 0.